The maximum absolute atomic E-state index is 12.1. The van der Waals surface area contributed by atoms with Crippen LogP contribution in [0.15, 0.2) is 18.3 Å². The standard InChI is InChI=1S/C18H26N6O/c1-13-10-14(2)22-17(21-13)5-8-20-18(25)12-24-9-6-16(23-24)15-4-3-7-19-11-15/h6,9-10,15,19H,3-5,7-8,11-12H2,1-2H3,(H,20,25)/t15-/m1/s1. The molecule has 2 aromatic heterocycles. The molecule has 0 radical (unpaired) electrons. The molecule has 3 rings (SSSR count). The third kappa shape index (κ3) is 5.09. The first kappa shape index (κ1) is 17.5. The second-order valence-corrected chi connectivity index (χ2v) is 6.65. The highest BCUT2D eigenvalue weighted by molar-refractivity contribution is 5.75. The minimum Gasteiger partial charge on any atom is -0.354 e. The summed E-state index contributed by atoms with van der Waals surface area (Å²) >= 11 is 0. The molecule has 2 N–H and O–H groups in total. The number of nitrogens with one attached hydrogen (secondary N) is 2. The summed E-state index contributed by atoms with van der Waals surface area (Å²) in [4.78, 5) is 20.9. The van der Waals surface area contributed by atoms with Gasteiger partial charge in [0.05, 0.1) is 5.69 Å². The summed E-state index contributed by atoms with van der Waals surface area (Å²) in [7, 11) is 0. The van der Waals surface area contributed by atoms with E-state index in [4.69, 9.17) is 0 Å². The summed E-state index contributed by atoms with van der Waals surface area (Å²) < 4.78 is 1.71. The van der Waals surface area contributed by atoms with Gasteiger partial charge in [-0.1, -0.05) is 0 Å². The van der Waals surface area contributed by atoms with Crippen LogP contribution < -0.4 is 10.6 Å². The van der Waals surface area contributed by atoms with E-state index in [1.54, 1.807) is 4.68 Å². The Morgan fingerprint density at radius 1 is 1.36 bits per heavy atom. The topological polar surface area (TPSA) is 84.7 Å². The molecular formula is C18H26N6O. The van der Waals surface area contributed by atoms with Crippen molar-refractivity contribution in [2.24, 2.45) is 0 Å². The molecule has 1 aliphatic heterocycles. The average Bonchev–Trinajstić information content (AvgIpc) is 3.03. The van der Waals surface area contributed by atoms with E-state index in [-0.39, 0.29) is 12.5 Å². The van der Waals surface area contributed by atoms with Crippen LogP contribution in [0.25, 0.3) is 0 Å². The van der Waals surface area contributed by atoms with Gasteiger partial charge < -0.3 is 10.6 Å². The van der Waals surface area contributed by atoms with Crippen molar-refractivity contribution >= 4 is 5.91 Å². The first-order chi connectivity index (χ1) is 12.1. The number of nitrogens with zero attached hydrogens (tertiary/aromatic N) is 4. The van der Waals surface area contributed by atoms with Crippen LogP contribution in [0.3, 0.4) is 0 Å². The first-order valence-electron chi connectivity index (χ1n) is 8.92. The second kappa shape index (κ2) is 8.20. The molecule has 1 aliphatic rings. The van der Waals surface area contributed by atoms with E-state index in [0.29, 0.717) is 18.9 Å². The molecule has 2 aromatic rings. The van der Waals surface area contributed by atoms with Crippen molar-refractivity contribution in [2.45, 2.75) is 45.6 Å². The van der Waals surface area contributed by atoms with Gasteiger partial charge in [-0.3, -0.25) is 9.48 Å². The van der Waals surface area contributed by atoms with Crippen molar-refractivity contribution in [1.29, 1.82) is 0 Å². The van der Waals surface area contributed by atoms with Gasteiger partial charge >= 0.3 is 0 Å². The van der Waals surface area contributed by atoms with Crippen molar-refractivity contribution in [3.8, 4) is 0 Å². The Balaban J connectivity index is 1.45. The number of hydrogen-bond donors (Lipinski definition) is 2. The molecule has 1 fully saturated rings. The third-order valence-corrected chi connectivity index (χ3v) is 4.38. The van der Waals surface area contributed by atoms with Crippen LogP contribution in [0.4, 0.5) is 0 Å². The van der Waals surface area contributed by atoms with Crippen LogP contribution >= 0.6 is 0 Å². The lowest BCUT2D eigenvalue weighted by molar-refractivity contribution is -0.121. The molecular weight excluding hydrogens is 316 g/mol. The normalized spacial score (nSPS) is 17.4. The summed E-state index contributed by atoms with van der Waals surface area (Å²) in [5.74, 6) is 1.18. The quantitative estimate of drug-likeness (QED) is 0.822. The molecule has 134 valence electrons. The lowest BCUT2D eigenvalue weighted by Crippen LogP contribution is -2.30. The number of rotatable bonds is 6. The van der Waals surface area contributed by atoms with Gasteiger partial charge in [-0.05, 0) is 45.4 Å². The second-order valence-electron chi connectivity index (χ2n) is 6.65. The molecule has 0 saturated carbocycles. The Morgan fingerprint density at radius 2 is 2.16 bits per heavy atom. The van der Waals surface area contributed by atoms with Gasteiger partial charge in [0, 0.05) is 43.0 Å². The fourth-order valence-corrected chi connectivity index (χ4v) is 3.22. The van der Waals surface area contributed by atoms with E-state index in [0.717, 1.165) is 42.4 Å². The zero-order valence-electron chi connectivity index (χ0n) is 15.0. The van der Waals surface area contributed by atoms with E-state index in [2.05, 4.69) is 25.7 Å². The Bertz CT molecular complexity index is 700. The minimum atomic E-state index is -0.0409. The monoisotopic (exact) mass is 342 g/mol. The highest BCUT2D eigenvalue weighted by Crippen LogP contribution is 2.21. The minimum absolute atomic E-state index is 0.0409. The number of hydrogen-bond acceptors (Lipinski definition) is 5. The highest BCUT2D eigenvalue weighted by Gasteiger charge is 2.17. The van der Waals surface area contributed by atoms with E-state index >= 15 is 0 Å². The fraction of sp³-hybridized carbons (Fsp3) is 0.556. The number of aryl methyl sites for hydroxylation is 2. The molecule has 7 heteroatoms. The summed E-state index contributed by atoms with van der Waals surface area (Å²) in [6, 6.07) is 3.97. The van der Waals surface area contributed by atoms with Gasteiger partial charge in [-0.25, -0.2) is 9.97 Å². The number of amides is 1. The summed E-state index contributed by atoms with van der Waals surface area (Å²) in [6.45, 7) is 6.74. The Kier molecular flexibility index (Phi) is 5.75. The van der Waals surface area contributed by atoms with Crippen LogP contribution in [0.5, 0.6) is 0 Å². The van der Waals surface area contributed by atoms with E-state index in [1.807, 2.05) is 32.2 Å². The van der Waals surface area contributed by atoms with Crippen LogP contribution in [-0.4, -0.2) is 45.3 Å². The Morgan fingerprint density at radius 3 is 2.88 bits per heavy atom. The molecule has 7 nitrogen and oxygen atoms in total. The molecule has 0 aliphatic carbocycles. The largest absolute Gasteiger partial charge is 0.354 e. The molecule has 3 heterocycles. The predicted molar refractivity (Wildman–Crippen MR) is 95.3 cm³/mol. The number of carbonyl (C=O) groups is 1. The highest BCUT2D eigenvalue weighted by atomic mass is 16.2. The van der Waals surface area contributed by atoms with E-state index in [1.165, 1.54) is 6.42 Å². The lowest BCUT2D eigenvalue weighted by atomic mass is 9.97. The van der Waals surface area contributed by atoms with Crippen molar-refractivity contribution < 1.29 is 4.79 Å². The molecule has 0 bridgehead atoms. The number of aromatic nitrogens is 4. The maximum atomic E-state index is 12.1. The van der Waals surface area contributed by atoms with Gasteiger partial charge in [0.2, 0.25) is 5.91 Å². The predicted octanol–water partition coefficient (Wildman–Crippen LogP) is 1.12. The van der Waals surface area contributed by atoms with Gasteiger partial charge in [0.15, 0.2) is 0 Å². The van der Waals surface area contributed by atoms with Crippen LogP contribution in [-0.2, 0) is 17.8 Å². The van der Waals surface area contributed by atoms with Crippen molar-refractivity contribution in [2.75, 3.05) is 19.6 Å². The molecule has 1 atom stereocenters. The molecule has 25 heavy (non-hydrogen) atoms. The van der Waals surface area contributed by atoms with Gasteiger partial charge in [0.25, 0.3) is 0 Å². The molecule has 0 aromatic carbocycles. The molecule has 1 amide bonds. The first-order valence-corrected chi connectivity index (χ1v) is 8.92. The van der Waals surface area contributed by atoms with E-state index < -0.39 is 0 Å². The van der Waals surface area contributed by atoms with Crippen molar-refractivity contribution in [1.82, 2.24) is 30.4 Å². The summed E-state index contributed by atoms with van der Waals surface area (Å²) in [6.07, 6.45) is 4.85. The van der Waals surface area contributed by atoms with Crippen LogP contribution in [0.2, 0.25) is 0 Å². The van der Waals surface area contributed by atoms with Crippen molar-refractivity contribution in [3.05, 3.63) is 41.2 Å². The number of piperidine rings is 1. The van der Waals surface area contributed by atoms with Crippen LogP contribution in [0, 0.1) is 13.8 Å². The zero-order valence-corrected chi connectivity index (χ0v) is 15.0. The Hall–Kier alpha value is -2.28. The lowest BCUT2D eigenvalue weighted by Gasteiger charge is -2.20. The Labute approximate surface area is 148 Å². The molecule has 0 spiro atoms. The fourth-order valence-electron chi connectivity index (χ4n) is 3.22. The third-order valence-electron chi connectivity index (χ3n) is 4.38. The maximum Gasteiger partial charge on any atom is 0.241 e. The van der Waals surface area contributed by atoms with Gasteiger partial charge in [-0.15, -0.1) is 0 Å². The SMILES string of the molecule is Cc1cc(C)nc(CCNC(=O)Cn2ccc([C@@H]3CCCNC3)n2)n1. The van der Waals surface area contributed by atoms with Gasteiger partial charge in [0.1, 0.15) is 12.4 Å². The molecule has 1 saturated heterocycles. The summed E-state index contributed by atoms with van der Waals surface area (Å²) in [5.41, 5.74) is 2.98. The van der Waals surface area contributed by atoms with E-state index in [9.17, 15) is 4.79 Å². The van der Waals surface area contributed by atoms with Gasteiger partial charge in [-0.2, -0.15) is 5.10 Å². The number of carbonyl (C=O) groups excluding carboxylic acids is 1. The van der Waals surface area contributed by atoms with Crippen LogP contribution in [0.1, 0.15) is 41.7 Å². The average molecular weight is 342 g/mol. The van der Waals surface area contributed by atoms with Crippen molar-refractivity contribution in [3.63, 3.8) is 0 Å². The summed E-state index contributed by atoms with van der Waals surface area (Å²) in [5, 5.41) is 10.9. The smallest absolute Gasteiger partial charge is 0.241 e. The zero-order chi connectivity index (χ0) is 17.6. The molecule has 0 unspecified atom stereocenters.